The molecule has 2 amide bonds. The van der Waals surface area contributed by atoms with Crippen LogP contribution in [0.4, 0.5) is 0 Å². The van der Waals surface area contributed by atoms with Crippen LogP contribution in [0.5, 0.6) is 0 Å². The summed E-state index contributed by atoms with van der Waals surface area (Å²) in [5.74, 6) is -0.122. The molecule has 2 aliphatic rings. The minimum absolute atomic E-state index is 0.0390. The number of hydrogen-bond acceptors (Lipinski definition) is 4. The van der Waals surface area contributed by atoms with E-state index in [1.165, 1.54) is 0 Å². The summed E-state index contributed by atoms with van der Waals surface area (Å²) >= 11 is 0. The quantitative estimate of drug-likeness (QED) is 0.675. The number of carbonyl (C=O) groups is 2. The van der Waals surface area contributed by atoms with Crippen molar-refractivity contribution in [2.24, 2.45) is 0 Å². The van der Waals surface area contributed by atoms with Crippen LogP contribution in [0, 0.1) is 0 Å². The molecule has 0 bridgehead atoms. The normalized spacial score (nSPS) is 16.7. The molecule has 148 valence electrons. The van der Waals surface area contributed by atoms with Crippen molar-refractivity contribution < 1.29 is 9.59 Å². The van der Waals surface area contributed by atoms with Crippen LogP contribution in [0.15, 0.2) is 42.5 Å². The number of benzene rings is 1. The molecule has 2 aliphatic heterocycles. The van der Waals surface area contributed by atoms with Crippen molar-refractivity contribution in [3.05, 3.63) is 59.5 Å². The summed E-state index contributed by atoms with van der Waals surface area (Å²) in [6, 6.07) is 13.4. The number of rotatable bonds is 2. The molecule has 0 N–H and O–H groups in total. The van der Waals surface area contributed by atoms with Gasteiger partial charge in [0.2, 0.25) is 0 Å². The Morgan fingerprint density at radius 1 is 0.793 bits per heavy atom. The third-order valence-corrected chi connectivity index (χ3v) is 5.81. The summed E-state index contributed by atoms with van der Waals surface area (Å²) in [4.78, 5) is 33.8. The van der Waals surface area contributed by atoms with E-state index in [-0.39, 0.29) is 11.8 Å². The lowest BCUT2D eigenvalue weighted by Crippen LogP contribution is -2.50. The molecule has 1 saturated heterocycles. The zero-order valence-corrected chi connectivity index (χ0v) is 16.3. The van der Waals surface area contributed by atoms with Crippen molar-refractivity contribution in [1.29, 1.82) is 0 Å². The summed E-state index contributed by atoms with van der Waals surface area (Å²) in [7, 11) is 0. The molecule has 0 unspecified atom stereocenters. The Morgan fingerprint density at radius 2 is 1.52 bits per heavy atom. The molecule has 0 saturated carbocycles. The van der Waals surface area contributed by atoms with Gasteiger partial charge in [-0.1, -0.05) is 24.3 Å². The number of fused-ring (bicyclic) bond motifs is 2. The lowest BCUT2D eigenvalue weighted by Gasteiger charge is -2.34. The van der Waals surface area contributed by atoms with Crippen molar-refractivity contribution in [2.45, 2.75) is 25.8 Å². The molecule has 3 aromatic rings. The molecule has 7 heteroatoms. The standard InChI is InChI=1S/C22H23N5O2/c28-21(19-9-8-16-5-1-2-7-18(16)23-19)25-11-13-26(14-12-25)22(29)20-15-17-6-3-4-10-27(17)24-20/h1-2,5,7-9,15H,3-4,6,10-14H2. The molecule has 2 aromatic heterocycles. The molecule has 0 aliphatic carbocycles. The molecule has 0 radical (unpaired) electrons. The predicted octanol–water partition coefficient (Wildman–Crippen LogP) is 2.37. The van der Waals surface area contributed by atoms with E-state index in [2.05, 4.69) is 10.1 Å². The topological polar surface area (TPSA) is 71.3 Å². The zero-order valence-electron chi connectivity index (χ0n) is 16.3. The Hall–Kier alpha value is -3.22. The van der Waals surface area contributed by atoms with E-state index in [1.54, 1.807) is 15.9 Å². The highest BCUT2D eigenvalue weighted by Crippen LogP contribution is 2.18. The van der Waals surface area contributed by atoms with Crippen molar-refractivity contribution in [1.82, 2.24) is 24.6 Å². The van der Waals surface area contributed by atoms with Crippen molar-refractivity contribution in [2.75, 3.05) is 26.2 Å². The molecule has 0 spiro atoms. The molecule has 7 nitrogen and oxygen atoms in total. The molecular weight excluding hydrogens is 366 g/mol. The monoisotopic (exact) mass is 389 g/mol. The van der Waals surface area contributed by atoms with Crippen LogP contribution in [0.1, 0.15) is 39.5 Å². The second-order valence-electron chi connectivity index (χ2n) is 7.67. The van der Waals surface area contributed by atoms with E-state index < -0.39 is 0 Å². The first-order chi connectivity index (χ1) is 14.2. The average Bonchev–Trinajstić information content (AvgIpc) is 3.22. The Balaban J connectivity index is 1.25. The van der Waals surface area contributed by atoms with Gasteiger partial charge in [-0.25, -0.2) is 4.98 Å². The van der Waals surface area contributed by atoms with Gasteiger partial charge in [-0.2, -0.15) is 5.10 Å². The van der Waals surface area contributed by atoms with Crippen molar-refractivity contribution in [3.63, 3.8) is 0 Å². The number of nitrogens with zero attached hydrogens (tertiary/aromatic N) is 5. The van der Waals surface area contributed by atoms with Crippen molar-refractivity contribution in [3.8, 4) is 0 Å². The van der Waals surface area contributed by atoms with Crippen LogP contribution < -0.4 is 0 Å². The van der Waals surface area contributed by atoms with Gasteiger partial charge in [0.05, 0.1) is 5.52 Å². The first kappa shape index (κ1) is 17.8. The van der Waals surface area contributed by atoms with Gasteiger partial charge in [0, 0.05) is 43.8 Å². The van der Waals surface area contributed by atoms with Gasteiger partial charge in [0.25, 0.3) is 11.8 Å². The summed E-state index contributed by atoms with van der Waals surface area (Å²) in [6.07, 6.45) is 3.26. The second-order valence-corrected chi connectivity index (χ2v) is 7.67. The van der Waals surface area contributed by atoms with Gasteiger partial charge in [-0.05, 0) is 37.5 Å². The predicted molar refractivity (Wildman–Crippen MR) is 109 cm³/mol. The van der Waals surface area contributed by atoms with Crippen LogP contribution in [0.3, 0.4) is 0 Å². The minimum Gasteiger partial charge on any atom is -0.334 e. The van der Waals surface area contributed by atoms with Gasteiger partial charge in [0.15, 0.2) is 5.69 Å². The third kappa shape index (κ3) is 3.37. The first-order valence-corrected chi connectivity index (χ1v) is 10.2. The Bertz CT molecular complexity index is 1060. The highest BCUT2D eigenvalue weighted by atomic mass is 16.2. The third-order valence-electron chi connectivity index (χ3n) is 5.81. The smallest absolute Gasteiger partial charge is 0.274 e. The fourth-order valence-corrected chi connectivity index (χ4v) is 4.14. The number of amides is 2. The van der Waals surface area contributed by atoms with Crippen LogP contribution in [-0.2, 0) is 13.0 Å². The molecule has 4 heterocycles. The number of aryl methyl sites for hydroxylation is 2. The van der Waals surface area contributed by atoms with E-state index in [1.807, 2.05) is 41.1 Å². The lowest BCUT2D eigenvalue weighted by atomic mass is 10.1. The number of para-hydroxylation sites is 1. The maximum Gasteiger partial charge on any atom is 0.274 e. The number of piperazine rings is 1. The van der Waals surface area contributed by atoms with Gasteiger partial charge < -0.3 is 9.80 Å². The Labute approximate surface area is 168 Å². The Kier molecular flexibility index (Phi) is 4.50. The Morgan fingerprint density at radius 3 is 2.28 bits per heavy atom. The number of aromatic nitrogens is 3. The summed E-state index contributed by atoms with van der Waals surface area (Å²) < 4.78 is 1.96. The summed E-state index contributed by atoms with van der Waals surface area (Å²) in [6.45, 7) is 2.93. The van der Waals surface area contributed by atoms with Crippen molar-refractivity contribution >= 4 is 22.7 Å². The summed E-state index contributed by atoms with van der Waals surface area (Å²) in [5.41, 5.74) is 2.94. The first-order valence-electron chi connectivity index (χ1n) is 10.2. The van der Waals surface area contributed by atoms with Gasteiger partial charge in [-0.3, -0.25) is 14.3 Å². The van der Waals surface area contributed by atoms with E-state index in [0.29, 0.717) is 37.6 Å². The zero-order chi connectivity index (χ0) is 19.8. The van der Waals surface area contributed by atoms with E-state index >= 15 is 0 Å². The van der Waals surface area contributed by atoms with E-state index in [9.17, 15) is 9.59 Å². The van der Waals surface area contributed by atoms with E-state index in [4.69, 9.17) is 0 Å². The average molecular weight is 389 g/mol. The second kappa shape index (κ2) is 7.31. The number of carbonyl (C=O) groups excluding carboxylic acids is 2. The fourth-order valence-electron chi connectivity index (χ4n) is 4.14. The van der Waals surface area contributed by atoms with Gasteiger partial charge in [0.1, 0.15) is 5.69 Å². The molecule has 29 heavy (non-hydrogen) atoms. The highest BCUT2D eigenvalue weighted by molar-refractivity contribution is 5.95. The van der Waals surface area contributed by atoms with E-state index in [0.717, 1.165) is 42.4 Å². The molecule has 1 fully saturated rings. The molecular formula is C22H23N5O2. The number of pyridine rings is 1. The number of hydrogen-bond donors (Lipinski definition) is 0. The molecule has 0 atom stereocenters. The van der Waals surface area contributed by atoms with Crippen LogP contribution >= 0.6 is 0 Å². The summed E-state index contributed by atoms with van der Waals surface area (Å²) in [5, 5.41) is 5.51. The largest absolute Gasteiger partial charge is 0.334 e. The maximum atomic E-state index is 12.9. The molecule has 1 aromatic carbocycles. The molecule has 5 rings (SSSR count). The van der Waals surface area contributed by atoms with Gasteiger partial charge in [-0.15, -0.1) is 0 Å². The lowest BCUT2D eigenvalue weighted by molar-refractivity contribution is 0.0529. The highest BCUT2D eigenvalue weighted by Gasteiger charge is 2.28. The SMILES string of the molecule is O=C(c1ccc2ccccc2n1)N1CCN(C(=O)c2cc3n(n2)CCCC3)CC1. The fraction of sp³-hybridized carbons (Fsp3) is 0.364. The minimum atomic E-state index is -0.0830. The van der Waals surface area contributed by atoms with Crippen LogP contribution in [0.2, 0.25) is 0 Å². The maximum absolute atomic E-state index is 12.9. The van der Waals surface area contributed by atoms with Gasteiger partial charge >= 0.3 is 0 Å². The van der Waals surface area contributed by atoms with Crippen LogP contribution in [0.25, 0.3) is 10.9 Å². The van der Waals surface area contributed by atoms with Crippen LogP contribution in [-0.4, -0.2) is 62.6 Å².